The third kappa shape index (κ3) is 2.11. The number of thiazole rings is 1. The summed E-state index contributed by atoms with van der Waals surface area (Å²) in [6.45, 7) is 2.63. The van der Waals surface area contributed by atoms with Gasteiger partial charge in [-0.1, -0.05) is 6.92 Å². The van der Waals surface area contributed by atoms with Crippen LogP contribution >= 0.6 is 11.3 Å². The van der Waals surface area contributed by atoms with E-state index in [2.05, 4.69) is 15.3 Å². The summed E-state index contributed by atoms with van der Waals surface area (Å²) in [5.41, 5.74) is 0. The summed E-state index contributed by atoms with van der Waals surface area (Å²) in [6.07, 6.45) is 4.41. The zero-order valence-electron chi connectivity index (χ0n) is 7.86. The molecule has 2 heterocycles. The number of nitrogens with one attached hydrogen (secondary N) is 1. The topological polar surface area (TPSA) is 51.0 Å². The van der Waals surface area contributed by atoms with Gasteiger partial charge in [-0.15, -0.1) is 11.3 Å². The lowest BCUT2D eigenvalue weighted by Crippen LogP contribution is -1.98. The van der Waals surface area contributed by atoms with Crippen molar-refractivity contribution >= 4 is 16.5 Å². The molecule has 0 aromatic carbocycles. The maximum atomic E-state index is 5.43. The Morgan fingerprint density at radius 3 is 3.07 bits per heavy atom. The second-order valence-corrected chi connectivity index (χ2v) is 3.66. The summed E-state index contributed by atoms with van der Waals surface area (Å²) < 4.78 is 5.43. The van der Waals surface area contributed by atoms with Crippen molar-refractivity contribution in [3.63, 3.8) is 0 Å². The van der Waals surface area contributed by atoms with Crippen LogP contribution in [0, 0.1) is 0 Å². The summed E-state index contributed by atoms with van der Waals surface area (Å²) in [6, 6.07) is 0. The van der Waals surface area contributed by atoms with E-state index in [1.165, 1.54) is 0 Å². The minimum absolute atomic E-state index is 0.591. The highest BCUT2D eigenvalue weighted by molar-refractivity contribution is 7.13. The molecule has 0 aliphatic rings. The summed E-state index contributed by atoms with van der Waals surface area (Å²) in [7, 11) is 0. The van der Waals surface area contributed by atoms with Gasteiger partial charge < -0.3 is 9.73 Å². The molecule has 0 fully saturated rings. The van der Waals surface area contributed by atoms with E-state index in [1.54, 1.807) is 23.7 Å². The van der Waals surface area contributed by atoms with Gasteiger partial charge in [-0.05, 0) is 0 Å². The second-order valence-electron chi connectivity index (χ2n) is 2.76. The normalized spacial score (nSPS) is 10.4. The van der Waals surface area contributed by atoms with E-state index >= 15 is 0 Å². The molecule has 4 nitrogen and oxygen atoms in total. The standard InChI is InChI=1S/C9H11N3OS/c1-2-7-5-11-8(13-7)6-12-9-10-3-4-14-9/h3-5H,2,6H2,1H3,(H,10,12). The molecular weight excluding hydrogens is 198 g/mol. The van der Waals surface area contributed by atoms with Gasteiger partial charge in [-0.3, -0.25) is 0 Å². The van der Waals surface area contributed by atoms with Crippen molar-refractivity contribution in [2.75, 3.05) is 5.32 Å². The highest BCUT2D eigenvalue weighted by Crippen LogP contribution is 2.12. The Morgan fingerprint density at radius 2 is 2.43 bits per heavy atom. The molecular formula is C9H11N3OS. The molecule has 0 atom stereocenters. The van der Waals surface area contributed by atoms with Crippen molar-refractivity contribution < 1.29 is 4.42 Å². The second kappa shape index (κ2) is 4.23. The molecule has 0 saturated heterocycles. The maximum Gasteiger partial charge on any atom is 0.213 e. The minimum Gasteiger partial charge on any atom is -0.444 e. The number of anilines is 1. The Kier molecular flexibility index (Phi) is 2.78. The molecule has 0 spiro atoms. The Labute approximate surface area is 86.0 Å². The van der Waals surface area contributed by atoms with Crippen molar-refractivity contribution in [2.24, 2.45) is 0 Å². The first kappa shape index (κ1) is 9.21. The zero-order valence-corrected chi connectivity index (χ0v) is 8.67. The van der Waals surface area contributed by atoms with E-state index in [1.807, 2.05) is 12.3 Å². The van der Waals surface area contributed by atoms with Gasteiger partial charge in [-0.2, -0.15) is 0 Å². The monoisotopic (exact) mass is 209 g/mol. The molecule has 0 aliphatic carbocycles. The zero-order chi connectivity index (χ0) is 9.80. The van der Waals surface area contributed by atoms with Crippen LogP contribution < -0.4 is 5.32 Å². The van der Waals surface area contributed by atoms with Crippen LogP contribution in [0.4, 0.5) is 5.13 Å². The smallest absolute Gasteiger partial charge is 0.213 e. The lowest BCUT2D eigenvalue weighted by molar-refractivity contribution is 0.466. The summed E-state index contributed by atoms with van der Waals surface area (Å²) in [5.74, 6) is 1.62. The predicted octanol–water partition coefficient (Wildman–Crippen LogP) is 2.31. The first-order valence-corrected chi connectivity index (χ1v) is 5.33. The molecule has 2 aromatic heterocycles. The molecule has 2 aromatic rings. The van der Waals surface area contributed by atoms with Crippen LogP contribution in [0.2, 0.25) is 0 Å². The number of oxazole rings is 1. The number of hydrogen-bond acceptors (Lipinski definition) is 5. The first-order valence-electron chi connectivity index (χ1n) is 4.45. The number of aromatic nitrogens is 2. The third-order valence-corrected chi connectivity index (χ3v) is 2.50. The number of hydrogen-bond donors (Lipinski definition) is 1. The van der Waals surface area contributed by atoms with Crippen molar-refractivity contribution in [1.82, 2.24) is 9.97 Å². The van der Waals surface area contributed by atoms with Gasteiger partial charge in [0.1, 0.15) is 5.76 Å². The average Bonchev–Trinajstić information content (AvgIpc) is 2.86. The van der Waals surface area contributed by atoms with E-state index in [0.717, 1.165) is 17.3 Å². The fraction of sp³-hybridized carbons (Fsp3) is 0.333. The highest BCUT2D eigenvalue weighted by atomic mass is 32.1. The summed E-state index contributed by atoms with van der Waals surface area (Å²) >= 11 is 1.56. The van der Waals surface area contributed by atoms with Crippen LogP contribution in [0.15, 0.2) is 22.2 Å². The average molecular weight is 209 g/mol. The lowest BCUT2D eigenvalue weighted by Gasteiger charge is -1.96. The maximum absolute atomic E-state index is 5.43. The van der Waals surface area contributed by atoms with Crippen LogP contribution in [0.5, 0.6) is 0 Å². The Balaban J connectivity index is 1.92. The fourth-order valence-corrected chi connectivity index (χ4v) is 1.58. The van der Waals surface area contributed by atoms with Crippen molar-refractivity contribution in [3.8, 4) is 0 Å². The Morgan fingerprint density at radius 1 is 1.50 bits per heavy atom. The molecule has 0 aliphatic heterocycles. The van der Waals surface area contributed by atoms with Gasteiger partial charge in [0.05, 0.1) is 12.7 Å². The van der Waals surface area contributed by atoms with E-state index in [-0.39, 0.29) is 0 Å². The van der Waals surface area contributed by atoms with E-state index in [4.69, 9.17) is 4.42 Å². The van der Waals surface area contributed by atoms with Gasteiger partial charge in [0.25, 0.3) is 0 Å². The molecule has 0 bridgehead atoms. The van der Waals surface area contributed by atoms with E-state index in [9.17, 15) is 0 Å². The summed E-state index contributed by atoms with van der Waals surface area (Å²) in [4.78, 5) is 8.23. The van der Waals surface area contributed by atoms with Crippen LogP contribution in [0.1, 0.15) is 18.6 Å². The molecule has 5 heteroatoms. The van der Waals surface area contributed by atoms with Crippen molar-refractivity contribution in [3.05, 3.63) is 29.4 Å². The fourth-order valence-electron chi connectivity index (χ4n) is 1.06. The SMILES string of the molecule is CCc1cnc(CNc2nccs2)o1. The van der Waals surface area contributed by atoms with Crippen molar-refractivity contribution in [1.29, 1.82) is 0 Å². The van der Waals surface area contributed by atoms with Gasteiger partial charge in [0.15, 0.2) is 5.13 Å². The molecule has 14 heavy (non-hydrogen) atoms. The number of rotatable bonds is 4. The van der Waals surface area contributed by atoms with Crippen LogP contribution in [0.3, 0.4) is 0 Å². The third-order valence-electron chi connectivity index (χ3n) is 1.77. The molecule has 1 N–H and O–H groups in total. The molecule has 74 valence electrons. The Hall–Kier alpha value is -1.36. The van der Waals surface area contributed by atoms with Gasteiger partial charge in [0.2, 0.25) is 5.89 Å². The predicted molar refractivity (Wildman–Crippen MR) is 55.3 cm³/mol. The number of nitrogens with zero attached hydrogens (tertiary/aromatic N) is 2. The number of aryl methyl sites for hydroxylation is 1. The van der Waals surface area contributed by atoms with Gasteiger partial charge in [0, 0.05) is 18.0 Å². The molecule has 0 unspecified atom stereocenters. The molecule has 0 amide bonds. The van der Waals surface area contributed by atoms with E-state index in [0.29, 0.717) is 12.4 Å². The van der Waals surface area contributed by atoms with Crippen LogP contribution in [-0.4, -0.2) is 9.97 Å². The van der Waals surface area contributed by atoms with Gasteiger partial charge >= 0.3 is 0 Å². The highest BCUT2D eigenvalue weighted by Gasteiger charge is 2.02. The first-order chi connectivity index (χ1) is 6.88. The molecule has 0 radical (unpaired) electrons. The summed E-state index contributed by atoms with van der Waals surface area (Å²) in [5, 5.41) is 5.95. The van der Waals surface area contributed by atoms with Gasteiger partial charge in [-0.25, -0.2) is 9.97 Å². The van der Waals surface area contributed by atoms with Crippen LogP contribution in [-0.2, 0) is 13.0 Å². The quantitative estimate of drug-likeness (QED) is 0.839. The molecule has 0 saturated carbocycles. The largest absolute Gasteiger partial charge is 0.444 e. The molecule has 2 rings (SSSR count). The lowest BCUT2D eigenvalue weighted by atomic mass is 10.4. The van der Waals surface area contributed by atoms with Crippen molar-refractivity contribution in [2.45, 2.75) is 19.9 Å². The Bertz CT molecular complexity index is 382. The van der Waals surface area contributed by atoms with Crippen LogP contribution in [0.25, 0.3) is 0 Å². The van der Waals surface area contributed by atoms with E-state index < -0.39 is 0 Å². The minimum atomic E-state index is 0.591.